The minimum atomic E-state index is -0.273. The summed E-state index contributed by atoms with van der Waals surface area (Å²) in [4.78, 5) is 12.4. The third kappa shape index (κ3) is 6.21. The second kappa shape index (κ2) is 11.4. The van der Waals surface area contributed by atoms with Crippen molar-refractivity contribution in [2.45, 2.75) is 12.1 Å². The number of hydrogen-bond acceptors (Lipinski definition) is 5. The lowest BCUT2D eigenvalue weighted by Crippen LogP contribution is -2.19. The highest BCUT2D eigenvalue weighted by molar-refractivity contribution is 7.99. The highest BCUT2D eigenvalue weighted by Gasteiger charge is 2.17. The fourth-order valence-corrected chi connectivity index (χ4v) is 4.06. The molecular formula is C26H22ClN5OS. The topological polar surface area (TPSA) is 72.2 Å². The lowest BCUT2D eigenvalue weighted by Gasteiger charge is -2.10. The number of carbonyl (C=O) groups is 1. The Morgan fingerprint density at radius 2 is 1.68 bits per heavy atom. The van der Waals surface area contributed by atoms with E-state index in [2.05, 4.69) is 20.7 Å². The van der Waals surface area contributed by atoms with Crippen molar-refractivity contribution in [1.29, 1.82) is 0 Å². The van der Waals surface area contributed by atoms with E-state index >= 15 is 0 Å². The number of aromatic nitrogens is 3. The molecule has 34 heavy (non-hydrogen) atoms. The van der Waals surface area contributed by atoms with Gasteiger partial charge in [-0.1, -0.05) is 102 Å². The average Bonchev–Trinajstić information content (AvgIpc) is 3.28. The summed E-state index contributed by atoms with van der Waals surface area (Å²) in [6, 6.07) is 27.6. The van der Waals surface area contributed by atoms with Gasteiger partial charge in [0.25, 0.3) is 5.91 Å². The Hall–Kier alpha value is -3.68. The van der Waals surface area contributed by atoms with Gasteiger partial charge in [-0.05, 0) is 30.7 Å². The summed E-state index contributed by atoms with van der Waals surface area (Å²) in [6.07, 6.45) is 3.17. The molecular weight excluding hydrogens is 466 g/mol. The number of hydrogen-bond donors (Lipinski definition) is 1. The first-order chi connectivity index (χ1) is 16.6. The van der Waals surface area contributed by atoms with Gasteiger partial charge in [-0.25, -0.2) is 5.43 Å². The van der Waals surface area contributed by atoms with Gasteiger partial charge >= 0.3 is 0 Å². The van der Waals surface area contributed by atoms with Crippen LogP contribution < -0.4 is 5.43 Å². The highest BCUT2D eigenvalue weighted by Crippen LogP contribution is 2.28. The number of rotatable bonds is 8. The number of para-hydroxylation sites is 1. The van der Waals surface area contributed by atoms with Gasteiger partial charge < -0.3 is 0 Å². The van der Waals surface area contributed by atoms with Crippen molar-refractivity contribution in [2.24, 2.45) is 5.10 Å². The van der Waals surface area contributed by atoms with Gasteiger partial charge in [0, 0.05) is 11.3 Å². The number of nitrogens with zero attached hydrogens (tertiary/aromatic N) is 4. The summed E-state index contributed by atoms with van der Waals surface area (Å²) in [5, 5.41) is 13.7. The molecule has 0 unspecified atom stereocenters. The van der Waals surface area contributed by atoms with Gasteiger partial charge in [0.15, 0.2) is 11.0 Å². The number of carbonyl (C=O) groups excluding carboxylic acids is 1. The van der Waals surface area contributed by atoms with Crippen molar-refractivity contribution in [1.82, 2.24) is 20.2 Å². The van der Waals surface area contributed by atoms with Crippen LogP contribution in [0.15, 0.2) is 100 Å². The fourth-order valence-electron chi connectivity index (χ4n) is 3.14. The molecule has 0 bridgehead atoms. The maximum Gasteiger partial charge on any atom is 0.250 e. The van der Waals surface area contributed by atoms with E-state index in [0.29, 0.717) is 16.0 Å². The molecule has 0 saturated carbocycles. The van der Waals surface area contributed by atoms with Gasteiger partial charge in [0.05, 0.1) is 17.0 Å². The van der Waals surface area contributed by atoms with Gasteiger partial charge in [-0.3, -0.25) is 9.36 Å². The molecule has 1 N–H and O–H groups in total. The van der Waals surface area contributed by atoms with Crippen LogP contribution in [0, 0.1) is 6.92 Å². The quantitative estimate of drug-likeness (QED) is 0.196. The number of aryl methyl sites for hydroxylation is 1. The Kier molecular flexibility index (Phi) is 7.91. The summed E-state index contributed by atoms with van der Waals surface area (Å²) in [5.74, 6) is 0.561. The average molecular weight is 488 g/mol. The third-order valence-corrected chi connectivity index (χ3v) is 5.91. The van der Waals surface area contributed by atoms with E-state index in [9.17, 15) is 4.79 Å². The van der Waals surface area contributed by atoms with E-state index in [0.717, 1.165) is 16.8 Å². The number of amides is 1. The molecule has 4 rings (SSSR count). The summed E-state index contributed by atoms with van der Waals surface area (Å²) >= 11 is 7.45. The van der Waals surface area contributed by atoms with Gasteiger partial charge in [0.2, 0.25) is 0 Å². The van der Waals surface area contributed by atoms with Crippen LogP contribution in [0.25, 0.3) is 23.2 Å². The van der Waals surface area contributed by atoms with E-state index in [1.165, 1.54) is 23.5 Å². The third-order valence-electron chi connectivity index (χ3n) is 4.77. The minimum absolute atomic E-state index is 0.121. The number of allylic oxidation sites excluding steroid dienone is 1. The molecule has 1 aromatic heterocycles. The molecule has 0 atom stereocenters. The summed E-state index contributed by atoms with van der Waals surface area (Å²) in [5.41, 5.74) is 6.48. The van der Waals surface area contributed by atoms with Crippen molar-refractivity contribution in [3.63, 3.8) is 0 Å². The molecule has 8 heteroatoms. The van der Waals surface area contributed by atoms with Crippen LogP contribution in [0.4, 0.5) is 0 Å². The Morgan fingerprint density at radius 3 is 2.38 bits per heavy atom. The maximum atomic E-state index is 12.4. The predicted octanol–water partition coefficient (Wildman–Crippen LogP) is 5.72. The Balaban J connectivity index is 1.45. The minimum Gasteiger partial charge on any atom is -0.272 e. The first-order valence-electron chi connectivity index (χ1n) is 10.5. The first-order valence-corrected chi connectivity index (χ1v) is 11.9. The molecule has 0 radical (unpaired) electrons. The number of nitrogens with one attached hydrogen (secondary N) is 1. The Morgan fingerprint density at radius 1 is 1.00 bits per heavy atom. The van der Waals surface area contributed by atoms with E-state index in [-0.39, 0.29) is 11.7 Å². The van der Waals surface area contributed by atoms with Crippen LogP contribution in [0.3, 0.4) is 0 Å². The standard InChI is InChI=1S/C26H22ClN5OS/c1-19-12-14-21(15-13-19)25-30-31-26(32(25)23-10-6-3-7-11-23)34-18-24(33)29-28-17-22(27)16-20-8-4-2-5-9-20/h2-17H,18H2,1H3,(H,29,33)/b22-16-,28-17+. The summed E-state index contributed by atoms with van der Waals surface area (Å²) in [7, 11) is 0. The molecule has 0 spiro atoms. The van der Waals surface area contributed by atoms with Crippen LogP contribution in [-0.2, 0) is 4.79 Å². The molecule has 0 aliphatic heterocycles. The molecule has 0 aliphatic rings. The number of thioether (sulfide) groups is 1. The van der Waals surface area contributed by atoms with E-state index in [1.807, 2.05) is 96.4 Å². The molecule has 6 nitrogen and oxygen atoms in total. The largest absolute Gasteiger partial charge is 0.272 e. The van der Waals surface area contributed by atoms with Crippen molar-refractivity contribution in [2.75, 3.05) is 5.75 Å². The summed E-state index contributed by atoms with van der Waals surface area (Å²) < 4.78 is 1.95. The Labute approximate surface area is 207 Å². The second-order valence-corrected chi connectivity index (χ2v) is 8.74. The lowest BCUT2D eigenvalue weighted by molar-refractivity contribution is -0.118. The SMILES string of the molecule is Cc1ccc(-c2nnc(SCC(=O)N/N=C/C(Cl)=C/c3ccccc3)n2-c2ccccc2)cc1. The second-order valence-electron chi connectivity index (χ2n) is 7.36. The van der Waals surface area contributed by atoms with Crippen LogP contribution in [-0.4, -0.2) is 32.6 Å². The molecule has 170 valence electrons. The van der Waals surface area contributed by atoms with Crippen LogP contribution in [0.5, 0.6) is 0 Å². The van der Waals surface area contributed by atoms with Gasteiger partial charge in [0.1, 0.15) is 0 Å². The molecule has 0 saturated heterocycles. The molecule has 3 aromatic carbocycles. The zero-order valence-electron chi connectivity index (χ0n) is 18.4. The van der Waals surface area contributed by atoms with Gasteiger partial charge in [-0.2, -0.15) is 5.10 Å². The fraction of sp³-hybridized carbons (Fsp3) is 0.0769. The van der Waals surface area contributed by atoms with E-state index in [1.54, 1.807) is 6.08 Å². The smallest absolute Gasteiger partial charge is 0.250 e. The van der Waals surface area contributed by atoms with E-state index < -0.39 is 0 Å². The Bertz CT molecular complexity index is 1300. The van der Waals surface area contributed by atoms with Crippen molar-refractivity contribution in [3.05, 3.63) is 101 Å². The van der Waals surface area contributed by atoms with E-state index in [4.69, 9.17) is 11.6 Å². The first kappa shape index (κ1) is 23.5. The van der Waals surface area contributed by atoms with Gasteiger partial charge in [-0.15, -0.1) is 10.2 Å². The lowest BCUT2D eigenvalue weighted by atomic mass is 10.1. The maximum absolute atomic E-state index is 12.4. The summed E-state index contributed by atoms with van der Waals surface area (Å²) in [6.45, 7) is 2.04. The normalized spacial score (nSPS) is 11.6. The zero-order chi connectivity index (χ0) is 23.8. The molecule has 0 fully saturated rings. The highest BCUT2D eigenvalue weighted by atomic mass is 35.5. The molecule has 1 heterocycles. The van der Waals surface area contributed by atoms with Crippen LogP contribution in [0.1, 0.15) is 11.1 Å². The van der Waals surface area contributed by atoms with Crippen LogP contribution in [0.2, 0.25) is 0 Å². The van der Waals surface area contributed by atoms with Crippen molar-refractivity contribution in [3.8, 4) is 17.1 Å². The van der Waals surface area contributed by atoms with Crippen molar-refractivity contribution >= 4 is 41.6 Å². The number of benzene rings is 3. The monoisotopic (exact) mass is 487 g/mol. The van der Waals surface area contributed by atoms with Crippen molar-refractivity contribution < 1.29 is 4.79 Å². The molecule has 0 aliphatic carbocycles. The molecule has 1 amide bonds. The van der Waals surface area contributed by atoms with Crippen LogP contribution >= 0.6 is 23.4 Å². The number of halogens is 1. The predicted molar refractivity (Wildman–Crippen MR) is 139 cm³/mol. The zero-order valence-corrected chi connectivity index (χ0v) is 20.0. The number of hydrazone groups is 1. The molecule has 4 aromatic rings.